The van der Waals surface area contributed by atoms with Crippen molar-refractivity contribution in [2.45, 2.75) is 76.6 Å². The Morgan fingerprint density at radius 1 is 0.375 bits per heavy atom. The number of rotatable bonds is 0. The molecule has 0 N–H and O–H groups in total. The average molecular weight is 1090 g/mol. The summed E-state index contributed by atoms with van der Waals surface area (Å²) in [5.41, 5.74) is 0. The normalized spacial score (nSPS) is 8.44. The van der Waals surface area contributed by atoms with Crippen LogP contribution in [0.5, 0.6) is 0 Å². The topological polar surface area (TPSA) is 69.2 Å². The SMILES string of the molecule is CC(C)(C)[S-].CC(C)(C)[S-].CC(C)(C)[S-].C[O-].C[O-].C[O-].C[PH+](C)C.C[PH+](C)C.[Ir].[Ir].[Ir]. The van der Waals surface area contributed by atoms with Gasteiger partial charge in [0.15, 0.2) is 0 Å². The monoisotopic (exact) mass is 1090 g/mol. The molecule has 0 fully saturated rings. The van der Waals surface area contributed by atoms with Crippen LogP contribution in [0.1, 0.15) is 62.3 Å². The molecule has 0 amide bonds. The zero-order valence-electron chi connectivity index (χ0n) is 23.9. The Balaban J connectivity index is -0.0000000177. The Morgan fingerprint density at radius 2 is 0.375 bits per heavy atom. The maximum absolute atomic E-state index is 8.25. The third-order valence-corrected chi connectivity index (χ3v) is 0. The largest absolute Gasteiger partial charge is 0.857 e. The summed E-state index contributed by atoms with van der Waals surface area (Å²) in [6.45, 7) is 31.6. The van der Waals surface area contributed by atoms with Gasteiger partial charge in [-0.3, -0.25) is 0 Å². The molecule has 0 aromatic heterocycles. The van der Waals surface area contributed by atoms with E-state index < -0.39 is 0 Å². The molecule has 0 aliphatic carbocycles. The fourth-order valence-corrected chi connectivity index (χ4v) is 0. The summed E-state index contributed by atoms with van der Waals surface area (Å²) in [5.74, 6) is 0. The number of hydrogen-bond donors (Lipinski definition) is 0. The molecular formula is C21H56Ir3O3P2S3-4. The molecule has 0 aromatic carbocycles. The standard InChI is InChI=1S/3C4H10S.2C3H9P.3CH3O.3Ir/c3*1-4(2,3)5;2*1-4(2)3;3*1-2;;;/h3*5H,1-3H3;2*1-3H3;3*1H3;;;/q;;;;;3*-1;;;/p-1. The van der Waals surface area contributed by atoms with E-state index in [9.17, 15) is 0 Å². The van der Waals surface area contributed by atoms with Gasteiger partial charge in [-0.1, -0.05) is 62.3 Å². The molecule has 3 nitrogen and oxygen atoms in total. The van der Waals surface area contributed by atoms with Gasteiger partial charge in [0.2, 0.25) is 0 Å². The zero-order chi connectivity index (χ0) is 26.7. The van der Waals surface area contributed by atoms with Crippen molar-refractivity contribution in [3.8, 4) is 0 Å². The first-order valence-electron chi connectivity index (χ1n) is 9.34. The minimum absolute atomic E-state index is 0. The summed E-state index contributed by atoms with van der Waals surface area (Å²) in [4.78, 5) is 0. The fourth-order valence-electron chi connectivity index (χ4n) is 0. The summed E-state index contributed by atoms with van der Waals surface area (Å²) in [6.07, 6.45) is 0. The molecule has 0 spiro atoms. The molecule has 32 heavy (non-hydrogen) atoms. The van der Waals surface area contributed by atoms with E-state index >= 15 is 0 Å². The van der Waals surface area contributed by atoms with Crippen LogP contribution in [0.3, 0.4) is 0 Å². The van der Waals surface area contributed by atoms with Crippen molar-refractivity contribution in [1.29, 1.82) is 0 Å². The Morgan fingerprint density at radius 3 is 0.375 bits per heavy atom. The van der Waals surface area contributed by atoms with Gasteiger partial charge in [-0.2, -0.15) is 35.6 Å². The molecule has 0 bridgehead atoms. The van der Waals surface area contributed by atoms with Gasteiger partial charge in [-0.15, -0.1) is 0 Å². The molecule has 217 valence electrons. The van der Waals surface area contributed by atoms with Crippen molar-refractivity contribution in [2.75, 3.05) is 61.3 Å². The summed E-state index contributed by atoms with van der Waals surface area (Å²) in [6, 6.07) is 0. The first-order valence-corrected chi connectivity index (χ1v) is 16.6. The van der Waals surface area contributed by atoms with Crippen LogP contribution in [0.15, 0.2) is 0 Å². The van der Waals surface area contributed by atoms with E-state index in [0.29, 0.717) is 0 Å². The molecule has 0 saturated heterocycles. The van der Waals surface area contributed by atoms with Crippen molar-refractivity contribution >= 4 is 53.7 Å². The van der Waals surface area contributed by atoms with Gasteiger partial charge < -0.3 is 53.2 Å². The maximum atomic E-state index is 8.25. The van der Waals surface area contributed by atoms with Crippen LogP contribution in [0.2, 0.25) is 0 Å². The summed E-state index contributed by atoms with van der Waals surface area (Å²) in [5, 5.41) is 24.8. The van der Waals surface area contributed by atoms with E-state index in [-0.39, 0.29) is 90.4 Å². The van der Waals surface area contributed by atoms with Crippen molar-refractivity contribution in [3.05, 3.63) is 0 Å². The molecule has 0 heterocycles. The smallest absolute Gasteiger partial charge is 0.0461 e. The van der Waals surface area contributed by atoms with Gasteiger partial charge in [0, 0.05) is 100 Å². The third-order valence-electron chi connectivity index (χ3n) is 0. The average Bonchev–Trinajstić information content (AvgIpc) is 2.38. The second-order valence-electron chi connectivity index (χ2n) is 9.34. The van der Waals surface area contributed by atoms with Crippen LogP contribution in [0.25, 0.3) is 0 Å². The minimum Gasteiger partial charge on any atom is -0.857 e. The van der Waals surface area contributed by atoms with Crippen LogP contribution in [-0.4, -0.2) is 75.6 Å². The minimum atomic E-state index is 0. The predicted molar refractivity (Wildman–Crippen MR) is 151 cm³/mol. The molecule has 0 aliphatic rings. The molecule has 0 unspecified atom stereocenters. The molecule has 3 radical (unpaired) electrons. The first-order chi connectivity index (χ1) is 12.5. The zero-order valence-corrected chi connectivity index (χ0v) is 35.6. The van der Waals surface area contributed by atoms with Crippen molar-refractivity contribution in [3.63, 3.8) is 0 Å². The van der Waals surface area contributed by atoms with E-state index in [1.54, 1.807) is 0 Å². The summed E-state index contributed by atoms with van der Waals surface area (Å²) >= 11 is 14.5. The quantitative estimate of drug-likeness (QED) is 0.275. The predicted octanol–water partition coefficient (Wildman–Crippen LogP) is 3.10. The van der Waals surface area contributed by atoms with E-state index in [4.69, 9.17) is 53.2 Å². The van der Waals surface area contributed by atoms with Gasteiger partial charge in [0.25, 0.3) is 0 Å². The second kappa shape index (κ2) is 51.4. The van der Waals surface area contributed by atoms with Crippen LogP contribution in [0, 0.1) is 0 Å². The van der Waals surface area contributed by atoms with Gasteiger partial charge >= 0.3 is 0 Å². The van der Waals surface area contributed by atoms with Gasteiger partial charge in [-0.25, -0.2) is 0 Å². The Labute approximate surface area is 264 Å². The van der Waals surface area contributed by atoms with Crippen LogP contribution >= 0.6 is 15.8 Å². The summed E-state index contributed by atoms with van der Waals surface area (Å²) in [7, 11) is 2.49. The Hall–Kier alpha value is 3.74. The van der Waals surface area contributed by atoms with E-state index in [0.717, 1.165) is 21.3 Å². The first kappa shape index (κ1) is 70.5. The molecule has 11 heteroatoms. The van der Waals surface area contributed by atoms with E-state index in [1.165, 1.54) is 0 Å². The third kappa shape index (κ3) is 2590. The molecule has 0 aromatic rings. The molecule has 0 rings (SSSR count). The van der Waals surface area contributed by atoms with Crippen LogP contribution in [0.4, 0.5) is 0 Å². The van der Waals surface area contributed by atoms with Crippen molar-refractivity contribution in [2.24, 2.45) is 0 Å². The van der Waals surface area contributed by atoms with E-state index in [1.807, 2.05) is 62.3 Å². The van der Waals surface area contributed by atoms with Gasteiger partial charge in [0.05, 0.1) is 0 Å². The molecule has 0 saturated carbocycles. The van der Waals surface area contributed by atoms with Crippen LogP contribution in [-0.2, 0) is 98.2 Å². The second-order valence-corrected chi connectivity index (χ2v) is 19.0. The fraction of sp³-hybridized carbons (Fsp3) is 1.00. The number of hydrogen-bond acceptors (Lipinski definition) is 6. The van der Waals surface area contributed by atoms with E-state index in [2.05, 4.69) is 40.0 Å². The van der Waals surface area contributed by atoms with Gasteiger partial charge in [0.1, 0.15) is 0 Å². The Bertz CT molecular complexity index is 181. The molecule has 0 aliphatic heterocycles. The van der Waals surface area contributed by atoms with Crippen LogP contribution < -0.4 is 15.3 Å². The van der Waals surface area contributed by atoms with Gasteiger partial charge in [-0.05, 0) is 15.8 Å². The summed E-state index contributed by atoms with van der Waals surface area (Å²) < 4.78 is 0.250. The molecular weight excluding hydrogens is 1040 g/mol. The van der Waals surface area contributed by atoms with Crippen molar-refractivity contribution < 1.29 is 75.6 Å². The maximum Gasteiger partial charge on any atom is 0.0461 e. The Kier molecular flexibility index (Phi) is 113. The molecule has 0 atom stereocenters. The van der Waals surface area contributed by atoms with Crippen molar-refractivity contribution in [1.82, 2.24) is 0 Å².